The van der Waals surface area contributed by atoms with Gasteiger partial charge in [0.1, 0.15) is 6.29 Å². The van der Waals surface area contributed by atoms with Crippen LogP contribution in [0.3, 0.4) is 0 Å². The molecule has 0 aliphatic rings. The summed E-state index contributed by atoms with van der Waals surface area (Å²) < 4.78 is 0. The molecule has 1 atom stereocenters. The largest absolute Gasteiger partial charge is 0.346 e. The summed E-state index contributed by atoms with van der Waals surface area (Å²) in [6.07, 6.45) is 2.64. The summed E-state index contributed by atoms with van der Waals surface area (Å²) in [5, 5.41) is 5.61. The van der Waals surface area contributed by atoms with Gasteiger partial charge in [-0.25, -0.2) is 0 Å². The summed E-state index contributed by atoms with van der Waals surface area (Å²) in [5.74, 6) is 1.58. The van der Waals surface area contributed by atoms with Crippen LogP contribution in [-0.4, -0.2) is 48.9 Å². The minimum Gasteiger partial charge on any atom is -0.346 e. The fourth-order valence-electron chi connectivity index (χ4n) is 0.698. The highest BCUT2D eigenvalue weighted by Gasteiger charge is 2.03. The van der Waals surface area contributed by atoms with Gasteiger partial charge in [-0.1, -0.05) is 11.8 Å². The van der Waals surface area contributed by atoms with Gasteiger partial charge in [0.05, 0.1) is 6.04 Å². The third-order valence-electron chi connectivity index (χ3n) is 1.53. The molecule has 0 aliphatic heterocycles. The molecule has 1 amide bonds. The van der Waals surface area contributed by atoms with Gasteiger partial charge >= 0.3 is 0 Å². The van der Waals surface area contributed by atoms with E-state index in [9.17, 15) is 9.59 Å². The van der Waals surface area contributed by atoms with Gasteiger partial charge in [-0.05, 0) is 13.3 Å². The number of hydrogen-bond acceptors (Lipinski definition) is 5. The van der Waals surface area contributed by atoms with E-state index in [1.807, 2.05) is 0 Å². The lowest BCUT2D eigenvalue weighted by Gasteiger charge is -2.08. The second kappa shape index (κ2) is 9.36. The normalized spacial score (nSPS) is 12.1. The third-order valence-corrected chi connectivity index (χ3v) is 3.14. The van der Waals surface area contributed by atoms with E-state index in [2.05, 4.69) is 10.6 Å². The van der Waals surface area contributed by atoms with Crippen molar-refractivity contribution in [2.75, 3.05) is 31.4 Å². The number of aldehydes is 1. The van der Waals surface area contributed by atoms with Crippen molar-refractivity contribution in [3.8, 4) is 0 Å². The molecule has 0 aromatic heterocycles. The van der Waals surface area contributed by atoms with Crippen LogP contribution in [0.4, 0.5) is 4.79 Å². The molecule has 2 N–H and O–H groups in total. The molecule has 6 heteroatoms. The van der Waals surface area contributed by atoms with Gasteiger partial charge in [0.2, 0.25) is 0 Å². The fraction of sp³-hybridized carbons (Fsp3) is 0.750. The molecule has 0 rings (SSSR count). The molecule has 0 radical (unpaired) electrons. The molecule has 14 heavy (non-hydrogen) atoms. The predicted molar refractivity (Wildman–Crippen MR) is 63.2 cm³/mol. The predicted octanol–water partition coefficient (Wildman–Crippen LogP) is 0.579. The molecule has 0 fully saturated rings. The van der Waals surface area contributed by atoms with E-state index < -0.39 is 0 Å². The zero-order valence-electron chi connectivity index (χ0n) is 8.41. The van der Waals surface area contributed by atoms with Gasteiger partial charge in [0, 0.05) is 18.1 Å². The zero-order chi connectivity index (χ0) is 10.8. The number of hydrogen-bond donors (Lipinski definition) is 2. The van der Waals surface area contributed by atoms with Crippen molar-refractivity contribution in [3.05, 3.63) is 0 Å². The summed E-state index contributed by atoms with van der Waals surface area (Å²) in [6, 6.07) is -0.0868. The van der Waals surface area contributed by atoms with Crippen LogP contribution in [0, 0.1) is 0 Å². The number of thioether (sulfide) groups is 2. The van der Waals surface area contributed by atoms with Gasteiger partial charge in [-0.2, -0.15) is 11.8 Å². The highest BCUT2D eigenvalue weighted by molar-refractivity contribution is 8.12. The fourth-order valence-corrected chi connectivity index (χ4v) is 1.86. The smallest absolute Gasteiger partial charge is 0.278 e. The van der Waals surface area contributed by atoms with Crippen LogP contribution in [0.1, 0.15) is 0 Å². The molecule has 82 valence electrons. The van der Waals surface area contributed by atoms with E-state index in [1.165, 1.54) is 11.8 Å². The maximum Gasteiger partial charge on any atom is 0.278 e. The Balaban J connectivity index is 3.28. The minimum atomic E-state index is -0.0868. The molecule has 0 heterocycles. The van der Waals surface area contributed by atoms with Crippen molar-refractivity contribution >= 4 is 35.0 Å². The molecule has 4 nitrogen and oxygen atoms in total. The van der Waals surface area contributed by atoms with Crippen molar-refractivity contribution in [2.45, 2.75) is 6.04 Å². The average molecular weight is 236 g/mol. The number of nitrogens with one attached hydrogen (secondary N) is 2. The van der Waals surface area contributed by atoms with Crippen molar-refractivity contribution in [2.24, 2.45) is 0 Å². The van der Waals surface area contributed by atoms with Crippen molar-refractivity contribution in [1.82, 2.24) is 10.6 Å². The summed E-state index contributed by atoms with van der Waals surface area (Å²) in [4.78, 5) is 21.2. The summed E-state index contributed by atoms with van der Waals surface area (Å²) in [7, 11) is 1.76. The molecule has 0 bridgehead atoms. The molecule has 0 aromatic carbocycles. The lowest BCUT2D eigenvalue weighted by Crippen LogP contribution is -2.29. The minimum absolute atomic E-state index is 0.00819. The SMILES string of the molecule is CNC(C=O)CSCCNC(=O)SC. The average Bonchev–Trinajstić information content (AvgIpc) is 2.23. The Kier molecular flexibility index (Phi) is 9.23. The molecule has 0 aliphatic carbocycles. The highest BCUT2D eigenvalue weighted by Crippen LogP contribution is 2.01. The van der Waals surface area contributed by atoms with Gasteiger partial charge in [-0.15, -0.1) is 0 Å². The molecular weight excluding hydrogens is 220 g/mol. The number of rotatable bonds is 7. The van der Waals surface area contributed by atoms with E-state index in [0.29, 0.717) is 6.54 Å². The van der Waals surface area contributed by atoms with Crippen LogP contribution in [0.2, 0.25) is 0 Å². The van der Waals surface area contributed by atoms with Crippen molar-refractivity contribution < 1.29 is 9.59 Å². The molecule has 0 saturated carbocycles. The van der Waals surface area contributed by atoms with Crippen LogP contribution >= 0.6 is 23.5 Å². The van der Waals surface area contributed by atoms with E-state index in [4.69, 9.17) is 0 Å². The molecule has 0 aromatic rings. The molecule has 0 spiro atoms. The standard InChI is InChI=1S/C8H16N2O2S2/c1-9-7(5-11)6-14-4-3-10-8(12)13-2/h5,7,9H,3-4,6H2,1-2H3,(H,10,12). The highest BCUT2D eigenvalue weighted by atomic mass is 32.2. The van der Waals surface area contributed by atoms with Crippen LogP contribution < -0.4 is 10.6 Å². The number of carbonyl (C=O) groups excluding carboxylic acids is 2. The Morgan fingerprint density at radius 1 is 1.57 bits per heavy atom. The van der Waals surface area contributed by atoms with Gasteiger partial charge in [-0.3, -0.25) is 4.79 Å². The van der Waals surface area contributed by atoms with Crippen LogP contribution in [0.25, 0.3) is 0 Å². The van der Waals surface area contributed by atoms with Crippen molar-refractivity contribution in [3.63, 3.8) is 0 Å². The zero-order valence-corrected chi connectivity index (χ0v) is 10.0. The van der Waals surface area contributed by atoms with Gasteiger partial charge in [0.15, 0.2) is 0 Å². The summed E-state index contributed by atoms with van der Waals surface area (Å²) in [5.41, 5.74) is 0. The Labute approximate surface area is 93.0 Å². The number of carbonyl (C=O) groups is 2. The number of likely N-dealkylation sites (N-methyl/N-ethyl adjacent to an activating group) is 1. The second-order valence-electron chi connectivity index (χ2n) is 2.52. The second-order valence-corrected chi connectivity index (χ2v) is 4.45. The molecule has 0 saturated heterocycles. The Hall–Kier alpha value is -0.200. The van der Waals surface area contributed by atoms with E-state index in [-0.39, 0.29) is 11.3 Å². The van der Waals surface area contributed by atoms with Crippen LogP contribution in [0.15, 0.2) is 0 Å². The van der Waals surface area contributed by atoms with Crippen molar-refractivity contribution in [1.29, 1.82) is 0 Å². The van der Waals surface area contributed by atoms with E-state index >= 15 is 0 Å². The third kappa shape index (κ3) is 7.23. The van der Waals surface area contributed by atoms with E-state index in [0.717, 1.165) is 17.8 Å². The first kappa shape index (κ1) is 13.8. The van der Waals surface area contributed by atoms with Gasteiger partial charge in [0.25, 0.3) is 5.24 Å². The van der Waals surface area contributed by atoms with E-state index in [1.54, 1.807) is 25.1 Å². The first-order valence-electron chi connectivity index (χ1n) is 4.26. The molecule has 1 unspecified atom stereocenters. The topological polar surface area (TPSA) is 58.2 Å². The first-order chi connectivity index (χ1) is 6.74. The van der Waals surface area contributed by atoms with Crippen LogP contribution in [-0.2, 0) is 4.79 Å². The molecular formula is C8H16N2O2S2. The monoisotopic (exact) mass is 236 g/mol. The summed E-state index contributed by atoms with van der Waals surface area (Å²) >= 11 is 2.82. The Morgan fingerprint density at radius 3 is 2.79 bits per heavy atom. The Bertz CT molecular complexity index is 179. The maximum absolute atomic E-state index is 10.8. The number of amides is 1. The summed E-state index contributed by atoms with van der Waals surface area (Å²) in [6.45, 7) is 0.652. The van der Waals surface area contributed by atoms with Crippen LogP contribution in [0.5, 0.6) is 0 Å². The Morgan fingerprint density at radius 2 is 2.29 bits per heavy atom. The van der Waals surface area contributed by atoms with Gasteiger partial charge < -0.3 is 15.4 Å². The lowest BCUT2D eigenvalue weighted by molar-refractivity contribution is -0.109. The maximum atomic E-state index is 10.8. The quantitative estimate of drug-likeness (QED) is 0.500. The lowest BCUT2D eigenvalue weighted by atomic mass is 10.4. The first-order valence-corrected chi connectivity index (χ1v) is 6.64.